The van der Waals surface area contributed by atoms with Crippen molar-refractivity contribution in [2.75, 3.05) is 0 Å². The number of hydrogen-bond donors (Lipinski definition) is 1. The number of esters is 1. The Balaban J connectivity index is 1.77. The van der Waals surface area contributed by atoms with Gasteiger partial charge < -0.3 is 9.84 Å². The van der Waals surface area contributed by atoms with Gasteiger partial charge in [-0.3, -0.25) is 9.36 Å². The molecule has 206 valence electrons. The highest BCUT2D eigenvalue weighted by molar-refractivity contribution is 6.30. The Morgan fingerprint density at radius 3 is 2.36 bits per heavy atom. The Hall–Kier alpha value is -3.75. The van der Waals surface area contributed by atoms with Crippen molar-refractivity contribution >= 4 is 29.2 Å². The summed E-state index contributed by atoms with van der Waals surface area (Å²) in [5, 5.41) is 18.9. The number of aromatic nitrogens is 7. The van der Waals surface area contributed by atoms with Crippen molar-refractivity contribution in [3.8, 4) is 17.2 Å². The normalized spacial score (nSPS) is 13.3. The molecule has 0 bridgehead atoms. The molecule has 16 heteroatoms. The van der Waals surface area contributed by atoms with Gasteiger partial charge in [-0.05, 0) is 43.3 Å². The van der Waals surface area contributed by atoms with Crippen LogP contribution >= 0.6 is 23.2 Å². The van der Waals surface area contributed by atoms with E-state index in [-0.39, 0.29) is 35.4 Å². The number of rotatable bonds is 8. The van der Waals surface area contributed by atoms with Gasteiger partial charge in [0.25, 0.3) is 0 Å². The zero-order valence-corrected chi connectivity index (χ0v) is 21.8. The van der Waals surface area contributed by atoms with Crippen LogP contribution in [0.2, 0.25) is 10.0 Å². The summed E-state index contributed by atoms with van der Waals surface area (Å²) in [4.78, 5) is 33.3. The van der Waals surface area contributed by atoms with Crippen LogP contribution in [0.15, 0.2) is 47.4 Å². The van der Waals surface area contributed by atoms with Crippen LogP contribution in [0.1, 0.15) is 31.6 Å². The van der Waals surface area contributed by atoms with E-state index in [0.717, 1.165) is 4.68 Å². The number of halogens is 5. The molecule has 1 aromatic carbocycles. The molecule has 0 amide bonds. The van der Waals surface area contributed by atoms with Crippen LogP contribution in [0.3, 0.4) is 0 Å². The molecule has 4 rings (SSSR count). The van der Waals surface area contributed by atoms with E-state index < -0.39 is 36.6 Å². The first-order chi connectivity index (χ1) is 18.3. The number of carbonyl (C=O) groups is 1. The minimum absolute atomic E-state index is 0.0199. The fraction of sp³-hybridized carbons (Fsp3) is 0.304. The lowest BCUT2D eigenvalue weighted by atomic mass is 10.2. The Labute approximate surface area is 228 Å². The molecule has 1 N–H and O–H groups in total. The van der Waals surface area contributed by atoms with E-state index in [1.807, 2.05) is 0 Å². The van der Waals surface area contributed by atoms with Crippen molar-refractivity contribution in [3.63, 3.8) is 0 Å². The number of aliphatic hydroxyl groups is 1. The predicted octanol–water partition coefficient (Wildman–Crippen LogP) is 3.59. The summed E-state index contributed by atoms with van der Waals surface area (Å²) in [7, 11) is 0. The summed E-state index contributed by atoms with van der Waals surface area (Å²) in [5.74, 6) is -0.250. The number of carbonyl (C=O) groups excluding carboxylic acids is 1. The molecule has 11 nitrogen and oxygen atoms in total. The second-order valence-electron chi connectivity index (χ2n) is 8.32. The summed E-state index contributed by atoms with van der Waals surface area (Å²) in [6.45, 7) is 1.32. The van der Waals surface area contributed by atoms with Gasteiger partial charge in [0.1, 0.15) is 6.54 Å². The van der Waals surface area contributed by atoms with Crippen molar-refractivity contribution in [1.29, 1.82) is 0 Å². The number of nitrogens with zero attached hydrogens (tertiary/aromatic N) is 7. The molecule has 2 atom stereocenters. The largest absolute Gasteiger partial charge is 0.455 e. The quantitative estimate of drug-likeness (QED) is 0.310. The van der Waals surface area contributed by atoms with Gasteiger partial charge in [-0.2, -0.15) is 17.9 Å². The van der Waals surface area contributed by atoms with Gasteiger partial charge in [-0.15, -0.1) is 10.2 Å². The highest BCUT2D eigenvalue weighted by atomic mass is 35.5. The van der Waals surface area contributed by atoms with Crippen LogP contribution < -0.4 is 5.69 Å². The number of ether oxygens (including phenoxy) is 1. The summed E-state index contributed by atoms with van der Waals surface area (Å²) < 4.78 is 47.5. The first-order valence-corrected chi connectivity index (χ1v) is 12.0. The van der Waals surface area contributed by atoms with Gasteiger partial charge >= 0.3 is 17.8 Å². The molecule has 0 saturated carbocycles. The molecule has 39 heavy (non-hydrogen) atoms. The fourth-order valence-electron chi connectivity index (χ4n) is 3.59. The van der Waals surface area contributed by atoms with E-state index in [4.69, 9.17) is 27.9 Å². The Morgan fingerprint density at radius 2 is 1.77 bits per heavy atom. The lowest BCUT2D eigenvalue weighted by molar-refractivity contribution is -0.207. The molecular weight excluding hydrogens is 566 g/mol. The molecule has 0 radical (unpaired) electrons. The summed E-state index contributed by atoms with van der Waals surface area (Å²) in [6.07, 6.45) is -7.29. The van der Waals surface area contributed by atoms with Crippen molar-refractivity contribution in [3.05, 3.63) is 74.8 Å². The molecule has 3 aromatic heterocycles. The number of pyridine rings is 1. The SMILES string of the molecule is CC(=O)OC(C)c1nc(Cn2nc(-c3ccc(Cl)cc3)n(C[C@H](O)C(F)(F)F)c2=O)nn1-c1ccc(Cl)cn1. The molecule has 0 aliphatic heterocycles. The Kier molecular flexibility index (Phi) is 8.09. The van der Waals surface area contributed by atoms with E-state index in [1.54, 1.807) is 19.1 Å². The zero-order valence-electron chi connectivity index (χ0n) is 20.3. The monoisotopic (exact) mass is 585 g/mol. The average Bonchev–Trinajstić information content (AvgIpc) is 3.41. The third-order valence-electron chi connectivity index (χ3n) is 5.36. The van der Waals surface area contributed by atoms with Gasteiger partial charge in [-0.25, -0.2) is 19.4 Å². The van der Waals surface area contributed by atoms with Crippen molar-refractivity contribution in [1.82, 2.24) is 34.1 Å². The standard InChI is InChI=1S/C23H20Cl2F3N7O4/c1-12(39-13(2)36)20-30-18(31-35(20)19-8-7-16(25)9-29-19)11-34-22(38)33(10-17(37)23(26,27)28)21(32-34)14-3-5-15(24)6-4-14/h3-9,12,17,37H,10-11H2,1-2H3/t12?,17-/m0/s1. The molecule has 0 spiro atoms. The van der Waals surface area contributed by atoms with Gasteiger partial charge in [0.2, 0.25) is 0 Å². The van der Waals surface area contributed by atoms with Crippen molar-refractivity contribution < 1.29 is 27.8 Å². The van der Waals surface area contributed by atoms with Crippen LogP contribution in [-0.2, 0) is 22.6 Å². The second-order valence-corrected chi connectivity index (χ2v) is 9.20. The maximum Gasteiger partial charge on any atom is 0.416 e. The molecule has 0 aliphatic carbocycles. The highest BCUT2D eigenvalue weighted by Gasteiger charge is 2.39. The second kappa shape index (κ2) is 11.2. The number of aliphatic hydroxyl groups excluding tert-OH is 1. The Morgan fingerprint density at radius 1 is 1.10 bits per heavy atom. The van der Waals surface area contributed by atoms with E-state index in [2.05, 4.69) is 20.2 Å². The van der Waals surface area contributed by atoms with Crippen molar-refractivity contribution in [2.45, 2.75) is 45.3 Å². The molecular formula is C23H20Cl2F3N7O4. The van der Waals surface area contributed by atoms with Crippen LogP contribution in [0, 0.1) is 0 Å². The van der Waals surface area contributed by atoms with Crippen LogP contribution in [0.4, 0.5) is 13.2 Å². The number of alkyl halides is 3. The maximum absolute atomic E-state index is 13.2. The van der Waals surface area contributed by atoms with Gasteiger partial charge in [0.15, 0.2) is 35.5 Å². The number of hydrogen-bond acceptors (Lipinski definition) is 8. The fourth-order valence-corrected chi connectivity index (χ4v) is 3.83. The Bertz CT molecular complexity index is 1530. The number of benzene rings is 1. The van der Waals surface area contributed by atoms with Crippen LogP contribution in [-0.4, -0.2) is 57.5 Å². The maximum atomic E-state index is 13.2. The van der Waals surface area contributed by atoms with E-state index >= 15 is 0 Å². The molecule has 4 aromatic rings. The summed E-state index contributed by atoms with van der Waals surface area (Å²) >= 11 is 11.8. The van der Waals surface area contributed by atoms with E-state index in [0.29, 0.717) is 14.6 Å². The molecule has 0 fully saturated rings. The van der Waals surface area contributed by atoms with E-state index in [9.17, 15) is 27.9 Å². The molecule has 1 unspecified atom stereocenters. The van der Waals surface area contributed by atoms with Gasteiger partial charge in [-0.1, -0.05) is 23.2 Å². The summed E-state index contributed by atoms with van der Waals surface area (Å²) in [5.41, 5.74) is -0.656. The smallest absolute Gasteiger partial charge is 0.416 e. The third-order valence-corrected chi connectivity index (χ3v) is 5.84. The van der Waals surface area contributed by atoms with Gasteiger partial charge in [0.05, 0.1) is 11.6 Å². The molecule has 0 aliphatic rings. The topological polar surface area (TPSA) is 130 Å². The highest BCUT2D eigenvalue weighted by Crippen LogP contribution is 2.24. The lowest BCUT2D eigenvalue weighted by Gasteiger charge is -2.15. The van der Waals surface area contributed by atoms with Crippen molar-refractivity contribution in [2.24, 2.45) is 0 Å². The van der Waals surface area contributed by atoms with Crippen LogP contribution in [0.5, 0.6) is 0 Å². The van der Waals surface area contributed by atoms with E-state index in [1.165, 1.54) is 42.1 Å². The third kappa shape index (κ3) is 6.46. The minimum atomic E-state index is -4.97. The predicted molar refractivity (Wildman–Crippen MR) is 132 cm³/mol. The molecule has 3 heterocycles. The van der Waals surface area contributed by atoms with Crippen LogP contribution in [0.25, 0.3) is 17.2 Å². The first-order valence-electron chi connectivity index (χ1n) is 11.3. The van der Waals surface area contributed by atoms with Gasteiger partial charge in [0, 0.05) is 23.7 Å². The molecule has 0 saturated heterocycles. The minimum Gasteiger partial charge on any atom is -0.455 e. The lowest BCUT2D eigenvalue weighted by Crippen LogP contribution is -2.37. The average molecular weight is 586 g/mol. The summed E-state index contributed by atoms with van der Waals surface area (Å²) in [6, 6.07) is 9.02. The first kappa shape index (κ1) is 28.3. The zero-order chi connectivity index (χ0) is 28.5.